The summed E-state index contributed by atoms with van der Waals surface area (Å²) in [7, 11) is 0. The van der Waals surface area contributed by atoms with Crippen LogP contribution in [0.5, 0.6) is 0 Å². The molecule has 0 aliphatic rings. The third kappa shape index (κ3) is 6.86. The lowest BCUT2D eigenvalue weighted by Gasteiger charge is -2.12. The lowest BCUT2D eigenvalue weighted by molar-refractivity contribution is -0.106. The minimum absolute atomic E-state index is 0.0532. The third-order valence-corrected chi connectivity index (χ3v) is 4.63. The van der Waals surface area contributed by atoms with Gasteiger partial charge in [-0.3, -0.25) is 9.89 Å². The second-order valence-corrected chi connectivity index (χ2v) is 7.41. The quantitative estimate of drug-likeness (QED) is 0.543. The number of aryl methyl sites for hydroxylation is 1. The van der Waals surface area contributed by atoms with Gasteiger partial charge in [-0.2, -0.15) is 5.10 Å². The van der Waals surface area contributed by atoms with Crippen molar-refractivity contribution < 1.29 is 9.18 Å². The van der Waals surface area contributed by atoms with Crippen molar-refractivity contribution in [3.63, 3.8) is 0 Å². The second kappa shape index (κ2) is 11.8. The number of carbonyl (C=O) groups excluding carboxylic acids is 1. The van der Waals surface area contributed by atoms with Gasteiger partial charge in [0.15, 0.2) is 0 Å². The summed E-state index contributed by atoms with van der Waals surface area (Å²) in [5.41, 5.74) is 10.8. The zero-order valence-corrected chi connectivity index (χ0v) is 18.2. The van der Waals surface area contributed by atoms with Crippen LogP contribution in [0.25, 0.3) is 11.3 Å². The molecule has 1 amide bonds. The van der Waals surface area contributed by atoms with Crippen molar-refractivity contribution in [3.8, 4) is 11.3 Å². The van der Waals surface area contributed by atoms with Gasteiger partial charge in [0.1, 0.15) is 5.82 Å². The Balaban J connectivity index is 0.000000265. The molecule has 0 saturated carbocycles. The predicted octanol–water partition coefficient (Wildman–Crippen LogP) is 5.87. The molecule has 156 valence electrons. The van der Waals surface area contributed by atoms with E-state index in [0.29, 0.717) is 5.92 Å². The Morgan fingerprint density at radius 2 is 1.52 bits per heavy atom. The summed E-state index contributed by atoms with van der Waals surface area (Å²) < 4.78 is 13.3. The number of aromatic nitrogens is 2. The number of nitrogens with two attached hydrogens (primary N) is 1. The lowest BCUT2D eigenvalue weighted by atomic mass is 9.93. The van der Waals surface area contributed by atoms with Gasteiger partial charge in [-0.1, -0.05) is 64.1 Å². The van der Waals surface area contributed by atoms with Gasteiger partial charge in [0.2, 0.25) is 6.41 Å². The molecule has 0 radical (unpaired) electrons. The van der Waals surface area contributed by atoms with Gasteiger partial charge in [0.25, 0.3) is 0 Å². The molecule has 0 atom stereocenters. The molecule has 5 heteroatoms. The molecule has 0 bridgehead atoms. The highest BCUT2D eigenvalue weighted by Gasteiger charge is 2.09. The van der Waals surface area contributed by atoms with Crippen LogP contribution in [-0.4, -0.2) is 16.6 Å². The Kier molecular flexibility index (Phi) is 9.80. The standard InChI is InChI=1S/C13H16N2.C10H13F.CH3NO/c1-9(2)11-5-4-6-12(10(11)3)13-7-8-14-15-13;1-7(2)9-6-4-5-8(3)10(9)11;2-1-3/h4-9H,1-3H3,(H,14,15);4-7H,1-3H3;1H,(H2,2,3). The summed E-state index contributed by atoms with van der Waals surface area (Å²) in [4.78, 5) is 8.58. The molecular weight excluding hydrogens is 365 g/mol. The van der Waals surface area contributed by atoms with E-state index in [1.54, 1.807) is 19.2 Å². The van der Waals surface area contributed by atoms with Gasteiger partial charge in [0, 0.05) is 11.8 Å². The van der Waals surface area contributed by atoms with Crippen molar-refractivity contribution >= 4 is 6.41 Å². The van der Waals surface area contributed by atoms with Crippen LogP contribution in [0.2, 0.25) is 0 Å². The van der Waals surface area contributed by atoms with Crippen molar-refractivity contribution in [1.82, 2.24) is 10.2 Å². The van der Waals surface area contributed by atoms with Gasteiger partial charge in [-0.25, -0.2) is 4.39 Å². The van der Waals surface area contributed by atoms with Crippen LogP contribution < -0.4 is 5.73 Å². The Morgan fingerprint density at radius 3 is 2.00 bits per heavy atom. The normalized spacial score (nSPS) is 10.1. The Labute approximate surface area is 173 Å². The summed E-state index contributed by atoms with van der Waals surface area (Å²) in [5.74, 6) is 0.783. The molecule has 0 unspecified atom stereocenters. The van der Waals surface area contributed by atoms with Crippen LogP contribution in [0, 0.1) is 19.7 Å². The summed E-state index contributed by atoms with van der Waals surface area (Å²) in [6, 6.07) is 14.0. The Bertz CT molecular complexity index is 887. The Morgan fingerprint density at radius 1 is 0.966 bits per heavy atom. The number of carbonyl (C=O) groups is 1. The van der Waals surface area contributed by atoms with Gasteiger partial charge in [-0.15, -0.1) is 0 Å². The Hall–Kier alpha value is -2.95. The maximum Gasteiger partial charge on any atom is 0.204 e. The van der Waals surface area contributed by atoms with Crippen LogP contribution in [0.1, 0.15) is 61.8 Å². The van der Waals surface area contributed by atoms with Gasteiger partial charge < -0.3 is 5.73 Å². The van der Waals surface area contributed by atoms with Gasteiger partial charge in [0.05, 0.1) is 5.69 Å². The summed E-state index contributed by atoms with van der Waals surface area (Å²) >= 11 is 0. The van der Waals surface area contributed by atoms with E-state index in [0.717, 1.165) is 16.8 Å². The van der Waals surface area contributed by atoms with E-state index in [1.165, 1.54) is 16.7 Å². The van der Waals surface area contributed by atoms with Crippen LogP contribution in [0.3, 0.4) is 0 Å². The number of benzene rings is 2. The molecule has 0 aliphatic heterocycles. The molecule has 0 saturated heterocycles. The minimum atomic E-state index is -0.0532. The molecule has 0 fully saturated rings. The molecule has 4 nitrogen and oxygen atoms in total. The number of aromatic amines is 1. The fourth-order valence-electron chi connectivity index (χ4n) is 3.09. The van der Waals surface area contributed by atoms with Gasteiger partial charge >= 0.3 is 0 Å². The average molecular weight is 398 g/mol. The smallest absolute Gasteiger partial charge is 0.204 e. The molecule has 29 heavy (non-hydrogen) atoms. The number of primary amides is 1. The van der Waals surface area contributed by atoms with E-state index >= 15 is 0 Å². The minimum Gasteiger partial charge on any atom is -0.372 e. The lowest BCUT2D eigenvalue weighted by Crippen LogP contribution is -1.94. The van der Waals surface area contributed by atoms with Crippen molar-refractivity contribution in [2.45, 2.75) is 53.4 Å². The first-order valence-electron chi connectivity index (χ1n) is 9.74. The van der Waals surface area contributed by atoms with E-state index in [1.807, 2.05) is 32.0 Å². The maximum absolute atomic E-state index is 13.3. The zero-order valence-electron chi connectivity index (χ0n) is 18.2. The van der Waals surface area contributed by atoms with Crippen molar-refractivity contribution in [2.75, 3.05) is 0 Å². The molecule has 3 aromatic rings. The molecule has 0 aliphatic carbocycles. The summed E-state index contributed by atoms with van der Waals surface area (Å²) in [6.45, 7) is 12.4. The summed E-state index contributed by atoms with van der Waals surface area (Å²) in [6.07, 6.45) is 2.04. The summed E-state index contributed by atoms with van der Waals surface area (Å²) in [5, 5.41) is 7.00. The number of halogens is 1. The van der Waals surface area contributed by atoms with Crippen LogP contribution >= 0.6 is 0 Å². The number of nitrogens with one attached hydrogen (secondary N) is 1. The molecule has 1 aromatic heterocycles. The zero-order chi connectivity index (χ0) is 22.0. The fraction of sp³-hybridized carbons (Fsp3) is 0.333. The highest BCUT2D eigenvalue weighted by Crippen LogP contribution is 2.27. The second-order valence-electron chi connectivity index (χ2n) is 7.41. The molecule has 0 spiro atoms. The first kappa shape index (κ1) is 24.1. The maximum atomic E-state index is 13.3. The third-order valence-electron chi connectivity index (χ3n) is 4.63. The van der Waals surface area contributed by atoms with E-state index in [9.17, 15) is 4.39 Å². The largest absolute Gasteiger partial charge is 0.372 e. The highest BCUT2D eigenvalue weighted by atomic mass is 19.1. The van der Waals surface area contributed by atoms with E-state index in [4.69, 9.17) is 4.79 Å². The molecule has 1 heterocycles. The topological polar surface area (TPSA) is 71.8 Å². The van der Waals surface area contributed by atoms with E-state index in [2.05, 4.69) is 54.9 Å². The molecule has 3 N–H and O–H groups in total. The predicted molar refractivity (Wildman–Crippen MR) is 118 cm³/mol. The molecule has 2 aromatic carbocycles. The van der Waals surface area contributed by atoms with Crippen LogP contribution in [0.4, 0.5) is 4.39 Å². The molecular formula is C24H32FN3O. The first-order chi connectivity index (χ1) is 13.7. The number of hydrogen-bond acceptors (Lipinski definition) is 2. The van der Waals surface area contributed by atoms with Crippen molar-refractivity contribution in [3.05, 3.63) is 76.7 Å². The number of nitrogens with zero attached hydrogens (tertiary/aromatic N) is 1. The highest BCUT2D eigenvalue weighted by molar-refractivity contribution is 5.64. The molecule has 3 rings (SSSR count). The van der Waals surface area contributed by atoms with Crippen molar-refractivity contribution in [2.24, 2.45) is 5.73 Å². The number of hydrogen-bond donors (Lipinski definition) is 2. The fourth-order valence-corrected chi connectivity index (χ4v) is 3.09. The van der Waals surface area contributed by atoms with Crippen LogP contribution in [0.15, 0.2) is 48.7 Å². The number of H-pyrrole nitrogens is 1. The number of amides is 1. The number of rotatable bonds is 3. The van der Waals surface area contributed by atoms with E-state index < -0.39 is 0 Å². The van der Waals surface area contributed by atoms with Crippen LogP contribution in [-0.2, 0) is 4.79 Å². The van der Waals surface area contributed by atoms with E-state index in [-0.39, 0.29) is 18.1 Å². The van der Waals surface area contributed by atoms with Crippen molar-refractivity contribution in [1.29, 1.82) is 0 Å². The monoisotopic (exact) mass is 397 g/mol. The SMILES string of the molecule is Cc1c(-c2ccn[nH]2)cccc1C(C)C.Cc1cccc(C(C)C)c1F.NC=O. The van der Waals surface area contributed by atoms with Gasteiger partial charge in [-0.05, 0) is 54.0 Å². The average Bonchev–Trinajstić information content (AvgIpc) is 3.19. The first-order valence-corrected chi connectivity index (χ1v) is 9.74.